The molecule has 2 aromatic carbocycles. The number of benzene rings is 2. The van der Waals surface area contributed by atoms with E-state index in [9.17, 15) is 21.6 Å². The third kappa shape index (κ3) is 3.87. The Morgan fingerprint density at radius 3 is 2.58 bits per heavy atom. The number of alkyl halides is 3. The predicted octanol–water partition coefficient (Wildman–Crippen LogP) is 4.36. The van der Waals surface area contributed by atoms with Gasteiger partial charge in [-0.05, 0) is 36.2 Å². The number of aromatic nitrogens is 1. The molecule has 0 unspecified atom stereocenters. The minimum atomic E-state index is -4.65. The van der Waals surface area contributed by atoms with Crippen LogP contribution in [-0.2, 0) is 22.6 Å². The Morgan fingerprint density at radius 1 is 1.12 bits per heavy atom. The summed E-state index contributed by atoms with van der Waals surface area (Å²) in [5.74, 6) is 0. The summed E-state index contributed by atoms with van der Waals surface area (Å²) in [5, 5.41) is 0.696. The fourth-order valence-corrected chi connectivity index (χ4v) is 4.18. The molecule has 9 heteroatoms. The second-order valence-corrected chi connectivity index (χ2v) is 7.79. The molecule has 138 valence electrons. The molecule has 0 saturated heterocycles. The quantitative estimate of drug-likeness (QED) is 0.666. The minimum Gasteiger partial charge on any atom is -0.361 e. The Morgan fingerprint density at radius 2 is 1.85 bits per heavy atom. The van der Waals surface area contributed by atoms with Crippen LogP contribution in [0.25, 0.3) is 10.9 Å². The van der Waals surface area contributed by atoms with Gasteiger partial charge in [-0.25, -0.2) is 13.1 Å². The van der Waals surface area contributed by atoms with Crippen molar-refractivity contribution in [2.45, 2.75) is 17.5 Å². The average Bonchev–Trinajstić information content (AvgIpc) is 2.97. The second kappa shape index (κ2) is 6.94. The van der Waals surface area contributed by atoms with Crippen LogP contribution in [0.15, 0.2) is 53.6 Å². The van der Waals surface area contributed by atoms with E-state index in [0.717, 1.165) is 28.6 Å². The zero-order valence-corrected chi connectivity index (χ0v) is 14.8. The highest BCUT2D eigenvalue weighted by atomic mass is 35.5. The summed E-state index contributed by atoms with van der Waals surface area (Å²) in [5.41, 5.74) is 0.753. The lowest BCUT2D eigenvalue weighted by Crippen LogP contribution is -2.26. The molecule has 0 aliphatic rings. The molecule has 26 heavy (non-hydrogen) atoms. The Bertz CT molecular complexity index is 1050. The first-order valence-electron chi connectivity index (χ1n) is 7.60. The Balaban J connectivity index is 1.77. The molecule has 0 radical (unpaired) electrons. The fourth-order valence-electron chi connectivity index (χ4n) is 2.62. The van der Waals surface area contributed by atoms with Crippen LogP contribution in [-0.4, -0.2) is 19.9 Å². The van der Waals surface area contributed by atoms with Gasteiger partial charge in [0, 0.05) is 23.6 Å². The second-order valence-electron chi connectivity index (χ2n) is 5.65. The molecule has 0 spiro atoms. The van der Waals surface area contributed by atoms with Crippen LogP contribution >= 0.6 is 11.6 Å². The van der Waals surface area contributed by atoms with Gasteiger partial charge in [0.2, 0.25) is 10.0 Å². The smallest absolute Gasteiger partial charge is 0.361 e. The van der Waals surface area contributed by atoms with E-state index in [0.29, 0.717) is 12.5 Å². The highest BCUT2D eigenvalue weighted by Gasteiger charge is 2.32. The molecule has 4 nitrogen and oxygen atoms in total. The van der Waals surface area contributed by atoms with Gasteiger partial charge in [0.05, 0.1) is 10.6 Å². The van der Waals surface area contributed by atoms with Crippen molar-refractivity contribution in [3.63, 3.8) is 0 Å². The van der Waals surface area contributed by atoms with Crippen molar-refractivity contribution in [1.82, 2.24) is 9.71 Å². The average molecular weight is 403 g/mol. The van der Waals surface area contributed by atoms with Crippen molar-refractivity contribution in [1.29, 1.82) is 0 Å². The maximum atomic E-state index is 12.8. The summed E-state index contributed by atoms with van der Waals surface area (Å²) in [6, 6.07) is 9.75. The number of hydrogen-bond acceptors (Lipinski definition) is 2. The van der Waals surface area contributed by atoms with Gasteiger partial charge in [0.15, 0.2) is 0 Å². The molecular formula is C17H14ClF3N2O2S. The highest BCUT2D eigenvalue weighted by molar-refractivity contribution is 7.89. The largest absolute Gasteiger partial charge is 0.416 e. The lowest BCUT2D eigenvalue weighted by molar-refractivity contribution is -0.137. The standard InChI is InChI=1S/C17H14ClF3N2O2S/c18-14-6-5-12(17(19,20)21)9-16(14)26(24,25)23-8-7-11-10-22-15-4-2-1-3-13(11)15/h1-6,9-10,22-23H,7-8H2. The monoisotopic (exact) mass is 402 g/mol. The molecule has 1 aromatic heterocycles. The summed E-state index contributed by atoms with van der Waals surface area (Å²) < 4.78 is 65.4. The van der Waals surface area contributed by atoms with Crippen LogP contribution in [0.1, 0.15) is 11.1 Å². The number of H-pyrrole nitrogens is 1. The summed E-state index contributed by atoms with van der Waals surface area (Å²) in [6.07, 6.45) is -2.51. The minimum absolute atomic E-state index is 0.0246. The van der Waals surface area contributed by atoms with Gasteiger partial charge in [-0.15, -0.1) is 0 Å². The van der Waals surface area contributed by atoms with Crippen molar-refractivity contribution in [3.05, 3.63) is 64.8 Å². The first-order chi connectivity index (χ1) is 12.2. The number of aromatic amines is 1. The van der Waals surface area contributed by atoms with Gasteiger partial charge in [-0.1, -0.05) is 29.8 Å². The molecule has 0 fully saturated rings. The van der Waals surface area contributed by atoms with Crippen molar-refractivity contribution >= 4 is 32.5 Å². The van der Waals surface area contributed by atoms with E-state index in [2.05, 4.69) is 9.71 Å². The Kier molecular flexibility index (Phi) is 5.01. The lowest BCUT2D eigenvalue weighted by atomic mass is 10.1. The number of sulfonamides is 1. The topological polar surface area (TPSA) is 62.0 Å². The van der Waals surface area contributed by atoms with Gasteiger partial charge in [-0.2, -0.15) is 13.2 Å². The van der Waals surface area contributed by atoms with Gasteiger partial charge in [-0.3, -0.25) is 0 Å². The molecule has 0 aliphatic heterocycles. The molecule has 3 rings (SSSR count). The highest BCUT2D eigenvalue weighted by Crippen LogP contribution is 2.33. The zero-order valence-electron chi connectivity index (χ0n) is 13.3. The van der Waals surface area contributed by atoms with Crippen LogP contribution in [0.5, 0.6) is 0 Å². The molecule has 3 aromatic rings. The summed E-state index contributed by atoms with van der Waals surface area (Å²) in [7, 11) is -4.17. The van der Waals surface area contributed by atoms with Crippen LogP contribution < -0.4 is 4.72 Å². The first-order valence-corrected chi connectivity index (χ1v) is 9.46. The number of para-hydroxylation sites is 1. The van der Waals surface area contributed by atoms with E-state index < -0.39 is 26.7 Å². The molecule has 0 saturated carbocycles. The van der Waals surface area contributed by atoms with E-state index in [1.165, 1.54) is 0 Å². The lowest BCUT2D eigenvalue weighted by Gasteiger charge is -2.12. The summed E-state index contributed by atoms with van der Waals surface area (Å²) >= 11 is 5.80. The van der Waals surface area contributed by atoms with Crippen LogP contribution in [0, 0.1) is 0 Å². The van der Waals surface area contributed by atoms with Crippen LogP contribution in [0.2, 0.25) is 5.02 Å². The predicted molar refractivity (Wildman–Crippen MR) is 93.6 cm³/mol. The van der Waals surface area contributed by atoms with Crippen molar-refractivity contribution in [3.8, 4) is 0 Å². The molecule has 0 aliphatic carbocycles. The first kappa shape index (κ1) is 18.8. The van der Waals surface area contributed by atoms with Crippen LogP contribution in [0.4, 0.5) is 13.2 Å². The van der Waals surface area contributed by atoms with Crippen LogP contribution in [0.3, 0.4) is 0 Å². The molecule has 1 heterocycles. The molecule has 0 amide bonds. The molecule has 2 N–H and O–H groups in total. The van der Waals surface area contributed by atoms with E-state index in [1.807, 2.05) is 24.3 Å². The number of hydrogen-bond donors (Lipinski definition) is 2. The molecule has 0 atom stereocenters. The van der Waals surface area contributed by atoms with E-state index in [4.69, 9.17) is 11.6 Å². The zero-order chi connectivity index (χ0) is 18.9. The van der Waals surface area contributed by atoms with E-state index >= 15 is 0 Å². The third-order valence-corrected chi connectivity index (χ3v) is 5.85. The van der Waals surface area contributed by atoms with Crippen molar-refractivity contribution < 1.29 is 21.6 Å². The van der Waals surface area contributed by atoms with Gasteiger partial charge in [0.25, 0.3) is 0 Å². The van der Waals surface area contributed by atoms with Crippen molar-refractivity contribution in [2.75, 3.05) is 6.54 Å². The fraction of sp³-hybridized carbons (Fsp3) is 0.176. The summed E-state index contributed by atoms with van der Waals surface area (Å²) in [6.45, 7) is 0.0246. The maximum absolute atomic E-state index is 12.8. The SMILES string of the molecule is O=S(=O)(NCCc1c[nH]c2ccccc12)c1cc(C(F)(F)F)ccc1Cl. The number of nitrogens with one attached hydrogen (secondary N) is 2. The van der Waals surface area contributed by atoms with E-state index in [-0.39, 0.29) is 11.6 Å². The Labute approximate surface area is 153 Å². The molecule has 0 bridgehead atoms. The number of rotatable bonds is 5. The van der Waals surface area contributed by atoms with Crippen molar-refractivity contribution in [2.24, 2.45) is 0 Å². The third-order valence-electron chi connectivity index (χ3n) is 3.91. The number of fused-ring (bicyclic) bond motifs is 1. The molecular weight excluding hydrogens is 389 g/mol. The van der Waals surface area contributed by atoms with Gasteiger partial charge >= 0.3 is 6.18 Å². The van der Waals surface area contributed by atoms with Gasteiger partial charge in [0.1, 0.15) is 4.90 Å². The van der Waals surface area contributed by atoms with E-state index in [1.54, 1.807) is 6.20 Å². The summed E-state index contributed by atoms with van der Waals surface area (Å²) in [4.78, 5) is 2.49. The van der Waals surface area contributed by atoms with Gasteiger partial charge < -0.3 is 4.98 Å². The maximum Gasteiger partial charge on any atom is 0.416 e. The number of halogens is 4. The Hall–Kier alpha value is -2.03. The normalized spacial score (nSPS) is 12.6.